The molecule has 0 fully saturated rings. The van der Waals surface area contributed by atoms with Gasteiger partial charge in [-0.25, -0.2) is 18.9 Å². The standard InChI is InChI=1S/C27H30Cl2N5O4P/c1-5-31(6-2)21-14-16-26-25(18-21)38-27(35)33(22-13-15-23(28)24(29)17-22)39(26,32(7-3)8-4)30-19-9-11-20(12-10-19)34(36)37/h9-18H,5-8H2,1-4H3/t39-/m0/s1. The zero-order valence-corrected chi connectivity index (χ0v) is 24.6. The summed E-state index contributed by atoms with van der Waals surface area (Å²) in [5.41, 5.74) is 1.87. The highest BCUT2D eigenvalue weighted by Crippen LogP contribution is 2.63. The first kappa shape index (κ1) is 28.9. The van der Waals surface area contributed by atoms with Crippen LogP contribution in [0.25, 0.3) is 0 Å². The maximum absolute atomic E-state index is 13.9. The average Bonchev–Trinajstić information content (AvgIpc) is 2.92. The highest BCUT2D eigenvalue weighted by Gasteiger charge is 2.46. The summed E-state index contributed by atoms with van der Waals surface area (Å²) in [6.45, 7) is 10.9. The van der Waals surface area contributed by atoms with E-state index in [0.717, 1.165) is 24.1 Å². The number of ether oxygens (including phenoxy) is 1. The number of nitrogens with zero attached hydrogens (tertiary/aromatic N) is 5. The molecule has 3 aromatic carbocycles. The van der Waals surface area contributed by atoms with Gasteiger partial charge in [0.1, 0.15) is 5.75 Å². The van der Waals surface area contributed by atoms with Crippen LogP contribution in [0.4, 0.5) is 27.5 Å². The van der Waals surface area contributed by atoms with Crippen LogP contribution in [-0.4, -0.2) is 41.9 Å². The number of nitro benzene ring substituents is 1. The summed E-state index contributed by atoms with van der Waals surface area (Å²) >= 11 is 12.6. The molecule has 39 heavy (non-hydrogen) atoms. The van der Waals surface area contributed by atoms with Crippen molar-refractivity contribution < 1.29 is 14.5 Å². The van der Waals surface area contributed by atoms with Gasteiger partial charge in [0.2, 0.25) is 0 Å². The van der Waals surface area contributed by atoms with Gasteiger partial charge in [-0.3, -0.25) is 10.1 Å². The smallest absolute Gasteiger partial charge is 0.409 e. The lowest BCUT2D eigenvalue weighted by Crippen LogP contribution is -2.46. The van der Waals surface area contributed by atoms with Crippen LogP contribution < -0.4 is 19.6 Å². The molecule has 9 nitrogen and oxygen atoms in total. The number of fused-ring (bicyclic) bond motifs is 1. The average molecular weight is 590 g/mol. The van der Waals surface area contributed by atoms with Crippen molar-refractivity contribution in [2.24, 2.45) is 4.74 Å². The van der Waals surface area contributed by atoms with Crippen LogP contribution in [0, 0.1) is 10.1 Å². The molecule has 1 atom stereocenters. The van der Waals surface area contributed by atoms with Crippen LogP contribution >= 0.6 is 30.6 Å². The lowest BCUT2D eigenvalue weighted by Gasteiger charge is -2.45. The minimum atomic E-state index is -3.11. The highest BCUT2D eigenvalue weighted by molar-refractivity contribution is 7.74. The zero-order chi connectivity index (χ0) is 28.3. The molecule has 1 heterocycles. The van der Waals surface area contributed by atoms with Gasteiger partial charge in [-0.1, -0.05) is 37.0 Å². The molecule has 1 amide bonds. The Bertz CT molecular complexity index is 1440. The van der Waals surface area contributed by atoms with E-state index in [1.54, 1.807) is 35.0 Å². The lowest BCUT2D eigenvalue weighted by atomic mass is 10.2. The monoisotopic (exact) mass is 589 g/mol. The SMILES string of the molecule is CCN(CC)c1ccc2c(c1)OC(=O)N(c1ccc(Cl)c(Cl)c1)[P@@]2(=Nc1ccc([N+](=O)[O-])cc1)N(CC)CC. The van der Waals surface area contributed by atoms with E-state index in [9.17, 15) is 14.9 Å². The number of amides is 1. The molecule has 0 aliphatic carbocycles. The van der Waals surface area contributed by atoms with E-state index in [1.807, 2.05) is 32.0 Å². The molecule has 0 bridgehead atoms. The fourth-order valence-corrected chi connectivity index (χ4v) is 8.75. The molecule has 0 saturated heterocycles. The molecular weight excluding hydrogens is 560 g/mol. The summed E-state index contributed by atoms with van der Waals surface area (Å²) in [6.07, 6.45) is -0.594. The predicted molar refractivity (Wildman–Crippen MR) is 160 cm³/mol. The van der Waals surface area contributed by atoms with Crippen molar-refractivity contribution in [3.63, 3.8) is 0 Å². The van der Waals surface area contributed by atoms with Gasteiger partial charge < -0.3 is 9.64 Å². The van der Waals surface area contributed by atoms with Gasteiger partial charge in [0.05, 0.1) is 31.6 Å². The van der Waals surface area contributed by atoms with Crippen molar-refractivity contribution in [2.45, 2.75) is 27.7 Å². The van der Waals surface area contributed by atoms with Gasteiger partial charge in [0, 0.05) is 50.1 Å². The predicted octanol–water partition coefficient (Wildman–Crippen LogP) is 8.10. The Morgan fingerprint density at radius 1 is 0.923 bits per heavy atom. The molecule has 206 valence electrons. The molecule has 0 saturated carbocycles. The van der Waals surface area contributed by atoms with Crippen LogP contribution in [0.1, 0.15) is 27.7 Å². The molecule has 0 N–H and O–H groups in total. The summed E-state index contributed by atoms with van der Waals surface area (Å²) in [5.74, 6) is 0.437. The third kappa shape index (κ3) is 5.37. The maximum atomic E-state index is 13.9. The van der Waals surface area contributed by atoms with Gasteiger partial charge in [0.25, 0.3) is 5.69 Å². The number of hydrogen-bond acceptors (Lipinski definition) is 6. The van der Waals surface area contributed by atoms with Crippen molar-refractivity contribution in [3.8, 4) is 5.75 Å². The fraction of sp³-hybridized carbons (Fsp3) is 0.296. The van der Waals surface area contributed by atoms with Gasteiger partial charge in [-0.2, -0.15) is 0 Å². The Labute approximate surface area is 238 Å². The fourth-order valence-electron chi connectivity index (χ4n) is 4.72. The summed E-state index contributed by atoms with van der Waals surface area (Å²) in [6, 6.07) is 16.9. The molecule has 4 rings (SSSR count). The minimum absolute atomic E-state index is 0.0437. The molecule has 0 aromatic heterocycles. The molecule has 3 aromatic rings. The molecule has 1 aliphatic rings. The highest BCUT2D eigenvalue weighted by atomic mass is 35.5. The number of rotatable bonds is 9. The molecule has 12 heteroatoms. The molecule has 1 aliphatic heterocycles. The molecular formula is C27H30Cl2N5O4P. The molecule has 0 unspecified atom stereocenters. The third-order valence-corrected chi connectivity index (χ3v) is 11.2. The first-order valence-electron chi connectivity index (χ1n) is 12.7. The third-order valence-electron chi connectivity index (χ3n) is 6.63. The van der Waals surface area contributed by atoms with Crippen LogP contribution in [-0.2, 0) is 0 Å². The number of carbonyl (C=O) groups excluding carboxylic acids is 1. The lowest BCUT2D eigenvalue weighted by molar-refractivity contribution is -0.384. The molecule has 0 spiro atoms. The van der Waals surface area contributed by atoms with Gasteiger partial charge in [0.15, 0.2) is 7.36 Å². The van der Waals surface area contributed by atoms with E-state index >= 15 is 0 Å². The normalized spacial score (nSPS) is 16.6. The van der Waals surface area contributed by atoms with Crippen molar-refractivity contribution >= 4 is 64.7 Å². The van der Waals surface area contributed by atoms with Crippen molar-refractivity contribution in [1.29, 1.82) is 0 Å². The van der Waals surface area contributed by atoms with Gasteiger partial charge in [-0.15, -0.1) is 0 Å². The number of carbonyl (C=O) groups is 1. The van der Waals surface area contributed by atoms with Crippen LogP contribution in [0.3, 0.4) is 0 Å². The summed E-state index contributed by atoms with van der Waals surface area (Å²) in [5, 5.41) is 12.7. The summed E-state index contributed by atoms with van der Waals surface area (Å²) in [7, 11) is -3.11. The number of benzene rings is 3. The van der Waals surface area contributed by atoms with E-state index in [2.05, 4.69) is 23.4 Å². The first-order chi connectivity index (χ1) is 18.7. The van der Waals surface area contributed by atoms with Gasteiger partial charge >= 0.3 is 6.09 Å². The van der Waals surface area contributed by atoms with E-state index < -0.39 is 18.4 Å². The largest absolute Gasteiger partial charge is 0.425 e. The Morgan fingerprint density at radius 2 is 1.59 bits per heavy atom. The zero-order valence-electron chi connectivity index (χ0n) is 22.2. The van der Waals surface area contributed by atoms with E-state index in [1.165, 1.54) is 12.1 Å². The first-order valence-corrected chi connectivity index (χ1v) is 15.1. The Balaban J connectivity index is 2.09. The van der Waals surface area contributed by atoms with E-state index in [4.69, 9.17) is 32.7 Å². The second-order valence-electron chi connectivity index (χ2n) is 8.68. The van der Waals surface area contributed by atoms with Crippen LogP contribution in [0.2, 0.25) is 10.0 Å². The number of halogens is 2. The second-order valence-corrected chi connectivity index (χ2v) is 12.3. The van der Waals surface area contributed by atoms with Crippen LogP contribution in [0.15, 0.2) is 65.4 Å². The van der Waals surface area contributed by atoms with Crippen LogP contribution in [0.5, 0.6) is 5.75 Å². The number of nitro groups is 1. The van der Waals surface area contributed by atoms with Gasteiger partial charge in [-0.05, 0) is 56.3 Å². The Morgan fingerprint density at radius 3 is 2.15 bits per heavy atom. The van der Waals surface area contributed by atoms with Crippen molar-refractivity contribution in [2.75, 3.05) is 35.7 Å². The Hall–Kier alpha value is -3.10. The quantitative estimate of drug-likeness (QED) is 0.142. The maximum Gasteiger partial charge on any atom is 0.425 e. The number of non-ortho nitro benzene ring substituents is 1. The number of anilines is 2. The Kier molecular flexibility index (Phi) is 8.86. The minimum Gasteiger partial charge on any atom is -0.409 e. The summed E-state index contributed by atoms with van der Waals surface area (Å²) in [4.78, 5) is 26.9. The summed E-state index contributed by atoms with van der Waals surface area (Å²) < 4.78 is 14.9. The van der Waals surface area contributed by atoms with E-state index in [-0.39, 0.29) is 10.7 Å². The molecule has 0 radical (unpaired) electrons. The number of hydrogen-bond donors (Lipinski definition) is 0. The second kappa shape index (κ2) is 12.0. The van der Waals surface area contributed by atoms with E-state index in [0.29, 0.717) is 35.2 Å². The van der Waals surface area contributed by atoms with Crippen molar-refractivity contribution in [3.05, 3.63) is 80.8 Å². The topological polar surface area (TPSA) is 91.5 Å². The van der Waals surface area contributed by atoms with Crippen molar-refractivity contribution in [1.82, 2.24) is 4.67 Å².